The van der Waals surface area contributed by atoms with Gasteiger partial charge in [-0.3, -0.25) is 4.79 Å². The number of anilines is 1. The third-order valence-electron chi connectivity index (χ3n) is 4.48. The smallest absolute Gasteiger partial charge is 0.347 e. The Balaban J connectivity index is 1.50. The summed E-state index contributed by atoms with van der Waals surface area (Å²) in [6.07, 6.45) is 0. The average molecular weight is 421 g/mol. The number of amides is 1. The summed E-state index contributed by atoms with van der Waals surface area (Å²) in [5.41, 5.74) is 2.17. The van der Waals surface area contributed by atoms with E-state index in [1.807, 2.05) is 13.0 Å². The van der Waals surface area contributed by atoms with Gasteiger partial charge in [-0.05, 0) is 55.0 Å². The maximum atomic E-state index is 12.2. The molecule has 1 aromatic heterocycles. The SMILES string of the molecule is Cc1cc(-c2nc3ccccc3c(=O)o2)ccc1NC(=O)COc1ccccc1Cl. The summed E-state index contributed by atoms with van der Waals surface area (Å²) >= 11 is 6.02. The third-order valence-corrected chi connectivity index (χ3v) is 4.79. The number of ether oxygens (including phenoxy) is 1. The number of aryl methyl sites for hydroxylation is 1. The zero-order chi connectivity index (χ0) is 21.1. The van der Waals surface area contributed by atoms with Gasteiger partial charge < -0.3 is 14.5 Å². The van der Waals surface area contributed by atoms with Crippen LogP contribution in [0.25, 0.3) is 22.4 Å². The van der Waals surface area contributed by atoms with E-state index in [4.69, 9.17) is 20.8 Å². The quantitative estimate of drug-likeness (QED) is 0.500. The molecule has 0 aliphatic carbocycles. The number of nitrogens with zero attached hydrogens (tertiary/aromatic N) is 1. The first-order chi connectivity index (χ1) is 14.5. The molecule has 0 aliphatic rings. The molecule has 4 rings (SSSR count). The second kappa shape index (κ2) is 8.39. The van der Waals surface area contributed by atoms with E-state index in [0.29, 0.717) is 32.9 Å². The van der Waals surface area contributed by atoms with E-state index in [0.717, 1.165) is 5.56 Å². The molecule has 1 heterocycles. The fourth-order valence-electron chi connectivity index (χ4n) is 2.97. The van der Waals surface area contributed by atoms with Crippen molar-refractivity contribution in [2.75, 3.05) is 11.9 Å². The van der Waals surface area contributed by atoms with Crippen LogP contribution in [0.3, 0.4) is 0 Å². The molecule has 0 saturated carbocycles. The molecule has 0 fully saturated rings. The average Bonchev–Trinajstić information content (AvgIpc) is 2.74. The van der Waals surface area contributed by atoms with Gasteiger partial charge in [0.25, 0.3) is 5.91 Å². The molecular formula is C23H17ClN2O4. The molecule has 1 amide bonds. The molecule has 0 spiro atoms. The lowest BCUT2D eigenvalue weighted by atomic mass is 10.1. The van der Waals surface area contributed by atoms with E-state index in [9.17, 15) is 9.59 Å². The molecule has 0 atom stereocenters. The lowest BCUT2D eigenvalue weighted by molar-refractivity contribution is -0.118. The van der Waals surface area contributed by atoms with Crippen LogP contribution in [0.1, 0.15) is 5.56 Å². The van der Waals surface area contributed by atoms with Crippen molar-refractivity contribution >= 4 is 34.1 Å². The monoisotopic (exact) mass is 420 g/mol. The molecule has 0 unspecified atom stereocenters. The Morgan fingerprint density at radius 3 is 2.67 bits per heavy atom. The number of carbonyl (C=O) groups excluding carboxylic acids is 1. The standard InChI is InChI=1S/C23H17ClN2O4/c1-14-12-15(22-26-19-8-4-2-6-16(19)23(28)30-22)10-11-18(14)25-21(27)13-29-20-9-5-3-7-17(20)24/h2-12H,13H2,1H3,(H,25,27). The Labute approximate surface area is 177 Å². The number of hydrogen-bond acceptors (Lipinski definition) is 5. The number of fused-ring (bicyclic) bond motifs is 1. The van der Waals surface area contributed by atoms with Crippen LogP contribution in [0.15, 0.2) is 75.9 Å². The summed E-state index contributed by atoms with van der Waals surface area (Å²) in [4.78, 5) is 28.9. The van der Waals surface area contributed by atoms with E-state index in [1.165, 1.54) is 0 Å². The second-order valence-electron chi connectivity index (χ2n) is 6.62. The molecule has 3 aromatic carbocycles. The molecule has 0 radical (unpaired) electrons. The van der Waals surface area contributed by atoms with Crippen molar-refractivity contribution in [3.05, 3.63) is 87.7 Å². The van der Waals surface area contributed by atoms with Crippen LogP contribution in [0.2, 0.25) is 5.02 Å². The van der Waals surface area contributed by atoms with Crippen LogP contribution in [-0.2, 0) is 4.79 Å². The highest BCUT2D eigenvalue weighted by atomic mass is 35.5. The molecule has 1 N–H and O–H groups in total. The van der Waals surface area contributed by atoms with Gasteiger partial charge in [0, 0.05) is 11.3 Å². The number of para-hydroxylation sites is 2. The van der Waals surface area contributed by atoms with Crippen molar-refractivity contribution in [3.8, 4) is 17.2 Å². The number of aromatic nitrogens is 1. The van der Waals surface area contributed by atoms with Crippen molar-refractivity contribution in [2.45, 2.75) is 6.92 Å². The molecule has 0 saturated heterocycles. The van der Waals surface area contributed by atoms with Gasteiger partial charge in [-0.15, -0.1) is 0 Å². The maximum Gasteiger partial charge on any atom is 0.347 e. The highest BCUT2D eigenvalue weighted by Crippen LogP contribution is 2.25. The molecule has 7 heteroatoms. The van der Waals surface area contributed by atoms with Gasteiger partial charge in [-0.1, -0.05) is 35.9 Å². The van der Waals surface area contributed by atoms with Crippen molar-refractivity contribution in [3.63, 3.8) is 0 Å². The second-order valence-corrected chi connectivity index (χ2v) is 7.03. The highest BCUT2D eigenvalue weighted by Gasteiger charge is 2.12. The van der Waals surface area contributed by atoms with E-state index in [2.05, 4.69) is 10.3 Å². The van der Waals surface area contributed by atoms with Gasteiger partial charge in [0.1, 0.15) is 5.75 Å². The van der Waals surface area contributed by atoms with Gasteiger partial charge in [0.15, 0.2) is 6.61 Å². The number of carbonyl (C=O) groups is 1. The molecule has 6 nitrogen and oxygen atoms in total. The van der Waals surface area contributed by atoms with Crippen molar-refractivity contribution in [2.24, 2.45) is 0 Å². The van der Waals surface area contributed by atoms with Crippen LogP contribution < -0.4 is 15.7 Å². The molecule has 0 bridgehead atoms. The van der Waals surface area contributed by atoms with Crippen molar-refractivity contribution in [1.29, 1.82) is 0 Å². The fraction of sp³-hybridized carbons (Fsp3) is 0.0870. The van der Waals surface area contributed by atoms with Gasteiger partial charge in [-0.2, -0.15) is 0 Å². The highest BCUT2D eigenvalue weighted by molar-refractivity contribution is 6.32. The topological polar surface area (TPSA) is 81.4 Å². The first kappa shape index (κ1) is 19.7. The number of rotatable bonds is 5. The lowest BCUT2D eigenvalue weighted by Crippen LogP contribution is -2.20. The molecule has 150 valence electrons. The van der Waals surface area contributed by atoms with Gasteiger partial charge in [0.05, 0.1) is 15.9 Å². The summed E-state index contributed by atoms with van der Waals surface area (Å²) < 4.78 is 10.8. The third kappa shape index (κ3) is 4.18. The van der Waals surface area contributed by atoms with Crippen molar-refractivity contribution in [1.82, 2.24) is 4.98 Å². The zero-order valence-corrected chi connectivity index (χ0v) is 16.8. The van der Waals surface area contributed by atoms with Crippen LogP contribution in [0, 0.1) is 6.92 Å². The molecule has 30 heavy (non-hydrogen) atoms. The fourth-order valence-corrected chi connectivity index (χ4v) is 3.16. The first-order valence-corrected chi connectivity index (χ1v) is 9.57. The Bertz CT molecular complexity index is 1300. The number of benzene rings is 3. The normalized spacial score (nSPS) is 10.7. The maximum absolute atomic E-state index is 12.2. The molecular weight excluding hydrogens is 404 g/mol. The predicted molar refractivity (Wildman–Crippen MR) is 116 cm³/mol. The molecule has 4 aromatic rings. The lowest BCUT2D eigenvalue weighted by Gasteiger charge is -2.11. The number of hydrogen-bond donors (Lipinski definition) is 1. The van der Waals surface area contributed by atoms with E-state index in [1.54, 1.807) is 60.7 Å². The Morgan fingerprint density at radius 1 is 1.10 bits per heavy atom. The largest absolute Gasteiger partial charge is 0.482 e. The molecule has 0 aliphatic heterocycles. The first-order valence-electron chi connectivity index (χ1n) is 9.19. The van der Waals surface area contributed by atoms with E-state index in [-0.39, 0.29) is 18.4 Å². The minimum atomic E-state index is -0.442. The minimum absolute atomic E-state index is 0.175. The van der Waals surface area contributed by atoms with E-state index >= 15 is 0 Å². The summed E-state index contributed by atoms with van der Waals surface area (Å²) in [5, 5.41) is 3.67. The van der Waals surface area contributed by atoms with Crippen LogP contribution in [0.5, 0.6) is 5.75 Å². The minimum Gasteiger partial charge on any atom is -0.482 e. The van der Waals surface area contributed by atoms with E-state index < -0.39 is 5.63 Å². The van der Waals surface area contributed by atoms with Crippen molar-refractivity contribution < 1.29 is 13.9 Å². The number of nitrogens with one attached hydrogen (secondary N) is 1. The Hall–Kier alpha value is -3.64. The summed E-state index contributed by atoms with van der Waals surface area (Å²) in [6, 6.07) is 19.2. The summed E-state index contributed by atoms with van der Waals surface area (Å²) in [7, 11) is 0. The predicted octanol–water partition coefficient (Wildman–Crippen LogP) is 4.83. The Kier molecular flexibility index (Phi) is 5.50. The number of halogens is 1. The van der Waals surface area contributed by atoms with Gasteiger partial charge in [0.2, 0.25) is 5.89 Å². The Morgan fingerprint density at radius 2 is 1.87 bits per heavy atom. The van der Waals surface area contributed by atoms with Gasteiger partial charge in [-0.25, -0.2) is 9.78 Å². The van der Waals surface area contributed by atoms with Crippen LogP contribution in [-0.4, -0.2) is 17.5 Å². The van der Waals surface area contributed by atoms with Gasteiger partial charge >= 0.3 is 5.63 Å². The zero-order valence-electron chi connectivity index (χ0n) is 16.0. The summed E-state index contributed by atoms with van der Waals surface area (Å²) in [5.74, 6) is 0.349. The van der Waals surface area contributed by atoms with Crippen LogP contribution in [0.4, 0.5) is 5.69 Å². The summed E-state index contributed by atoms with van der Waals surface area (Å²) in [6.45, 7) is 1.67. The van der Waals surface area contributed by atoms with Crippen LogP contribution >= 0.6 is 11.6 Å².